The molecule has 0 radical (unpaired) electrons. The van der Waals surface area contributed by atoms with Crippen LogP contribution in [-0.2, 0) is 4.79 Å². The number of piperidine rings is 1. The number of nitrogens with zero attached hydrogens (tertiary/aromatic N) is 3. The van der Waals surface area contributed by atoms with E-state index in [-0.39, 0.29) is 11.8 Å². The lowest BCUT2D eigenvalue weighted by molar-refractivity contribution is -0.138. The molecule has 3 saturated heterocycles. The van der Waals surface area contributed by atoms with Crippen molar-refractivity contribution in [1.29, 1.82) is 0 Å². The fraction of sp³-hybridized carbons (Fsp3) is 0.444. The Labute approximate surface area is 141 Å². The molecule has 1 aromatic heterocycles. The molecular formula is C18H20ClN3O. The second-order valence-electron chi connectivity index (χ2n) is 6.73. The first-order valence-electron chi connectivity index (χ1n) is 8.11. The van der Waals surface area contributed by atoms with Crippen molar-refractivity contribution in [3.8, 4) is 0 Å². The second kappa shape index (κ2) is 5.38. The molecule has 2 aromatic rings. The quantitative estimate of drug-likeness (QED) is 0.805. The Hall–Kier alpha value is -1.81. The van der Waals surface area contributed by atoms with Gasteiger partial charge in [-0.1, -0.05) is 11.6 Å². The number of likely N-dealkylation sites (N-methyl/N-ethyl adjacent to an activating group) is 1. The van der Waals surface area contributed by atoms with E-state index in [2.05, 4.69) is 9.88 Å². The van der Waals surface area contributed by atoms with Gasteiger partial charge in [-0.25, -0.2) is 0 Å². The summed E-state index contributed by atoms with van der Waals surface area (Å²) in [6.45, 7) is 3.70. The van der Waals surface area contributed by atoms with Crippen molar-refractivity contribution in [2.45, 2.75) is 25.8 Å². The summed E-state index contributed by atoms with van der Waals surface area (Å²) >= 11 is 6.27. The molecule has 3 aliphatic rings. The molecule has 0 N–H and O–H groups in total. The van der Waals surface area contributed by atoms with Crippen molar-refractivity contribution in [3.63, 3.8) is 0 Å². The van der Waals surface area contributed by atoms with Crippen molar-refractivity contribution >= 4 is 34.1 Å². The molecule has 0 saturated carbocycles. The highest BCUT2D eigenvalue weighted by Crippen LogP contribution is 2.35. The topological polar surface area (TPSA) is 36.4 Å². The molecule has 2 bridgehead atoms. The maximum absolute atomic E-state index is 12.4. The summed E-state index contributed by atoms with van der Waals surface area (Å²) in [5.74, 6) is 0.388. The number of amides is 1. The van der Waals surface area contributed by atoms with Crippen LogP contribution in [-0.4, -0.2) is 42.0 Å². The maximum atomic E-state index is 12.4. The van der Waals surface area contributed by atoms with Crippen molar-refractivity contribution in [3.05, 3.63) is 35.0 Å². The zero-order valence-corrected chi connectivity index (χ0v) is 14.2. The predicted octanol–water partition coefficient (Wildman–Crippen LogP) is 3.25. The van der Waals surface area contributed by atoms with Crippen molar-refractivity contribution in [2.75, 3.05) is 25.0 Å². The Balaban J connectivity index is 1.82. The van der Waals surface area contributed by atoms with E-state index in [1.807, 2.05) is 43.3 Å². The number of carbonyl (C=O) groups excluding carboxylic acids is 1. The van der Waals surface area contributed by atoms with E-state index < -0.39 is 0 Å². The van der Waals surface area contributed by atoms with E-state index >= 15 is 0 Å². The fourth-order valence-corrected chi connectivity index (χ4v) is 4.28. The molecule has 0 spiro atoms. The van der Waals surface area contributed by atoms with E-state index in [1.165, 1.54) is 0 Å². The van der Waals surface area contributed by atoms with Crippen LogP contribution in [0.15, 0.2) is 24.4 Å². The van der Waals surface area contributed by atoms with Crippen molar-refractivity contribution in [1.82, 2.24) is 9.88 Å². The van der Waals surface area contributed by atoms with Crippen LogP contribution in [0.2, 0.25) is 5.02 Å². The molecule has 0 unspecified atom stereocenters. The van der Waals surface area contributed by atoms with Gasteiger partial charge in [0, 0.05) is 48.5 Å². The Kier molecular flexibility index (Phi) is 3.45. The zero-order chi connectivity index (χ0) is 16.1. The minimum absolute atomic E-state index is 0.0993. The van der Waals surface area contributed by atoms with Crippen LogP contribution in [0.4, 0.5) is 5.69 Å². The summed E-state index contributed by atoms with van der Waals surface area (Å²) in [6, 6.07) is 6.28. The lowest BCUT2D eigenvalue weighted by Crippen LogP contribution is -2.45. The van der Waals surface area contributed by atoms with E-state index in [0.717, 1.165) is 53.1 Å². The van der Waals surface area contributed by atoms with Gasteiger partial charge in [0.2, 0.25) is 5.91 Å². The van der Waals surface area contributed by atoms with Gasteiger partial charge >= 0.3 is 0 Å². The van der Waals surface area contributed by atoms with Crippen LogP contribution in [0.1, 0.15) is 18.4 Å². The largest absolute Gasteiger partial charge is 0.368 e. The van der Waals surface area contributed by atoms with Gasteiger partial charge in [0.15, 0.2) is 0 Å². The predicted molar refractivity (Wildman–Crippen MR) is 93.0 cm³/mol. The highest BCUT2D eigenvalue weighted by atomic mass is 35.5. The number of aryl methyl sites for hydroxylation is 1. The molecule has 120 valence electrons. The Morgan fingerprint density at radius 2 is 2.09 bits per heavy atom. The van der Waals surface area contributed by atoms with Crippen LogP contribution in [0.3, 0.4) is 0 Å². The normalized spacial score (nSPS) is 24.4. The number of hydrogen-bond acceptors (Lipinski definition) is 3. The lowest BCUT2D eigenvalue weighted by Gasteiger charge is -2.32. The number of anilines is 1. The Morgan fingerprint density at radius 1 is 1.26 bits per heavy atom. The summed E-state index contributed by atoms with van der Waals surface area (Å²) in [7, 11) is 1.94. The highest BCUT2D eigenvalue weighted by Gasteiger charge is 2.39. The van der Waals surface area contributed by atoms with Gasteiger partial charge in [0.1, 0.15) is 0 Å². The fourth-order valence-electron chi connectivity index (χ4n) is 4.00. The number of fused-ring (bicyclic) bond motifs is 5. The summed E-state index contributed by atoms with van der Waals surface area (Å²) in [6.07, 6.45) is 3.94. The average molecular weight is 330 g/mol. The van der Waals surface area contributed by atoms with Crippen LogP contribution < -0.4 is 4.90 Å². The SMILES string of the molecule is Cc1cc(Cl)cc2c(N3C[C@@H]4CC[C@H](C3)N(C)C4=O)ccnc12. The van der Waals surface area contributed by atoms with Gasteiger partial charge in [-0.05, 0) is 43.5 Å². The van der Waals surface area contributed by atoms with Crippen LogP contribution in [0.5, 0.6) is 0 Å². The van der Waals surface area contributed by atoms with Crippen molar-refractivity contribution < 1.29 is 4.79 Å². The first kappa shape index (κ1) is 14.8. The zero-order valence-electron chi connectivity index (χ0n) is 13.4. The Bertz CT molecular complexity index is 791. The van der Waals surface area contributed by atoms with Crippen molar-refractivity contribution in [2.24, 2.45) is 5.92 Å². The van der Waals surface area contributed by atoms with Gasteiger partial charge in [-0.3, -0.25) is 9.78 Å². The minimum Gasteiger partial charge on any atom is -0.368 e. The number of carbonyl (C=O) groups is 1. The molecular weight excluding hydrogens is 310 g/mol. The number of pyridine rings is 1. The monoisotopic (exact) mass is 329 g/mol. The molecule has 3 fully saturated rings. The summed E-state index contributed by atoms with van der Waals surface area (Å²) in [5.41, 5.74) is 3.21. The molecule has 4 nitrogen and oxygen atoms in total. The highest BCUT2D eigenvalue weighted by molar-refractivity contribution is 6.31. The van der Waals surface area contributed by atoms with E-state index in [1.54, 1.807) is 0 Å². The lowest BCUT2D eigenvalue weighted by atomic mass is 9.95. The first-order valence-corrected chi connectivity index (χ1v) is 8.49. The third-order valence-electron chi connectivity index (χ3n) is 5.28. The van der Waals surface area contributed by atoms with Gasteiger partial charge in [-0.15, -0.1) is 0 Å². The number of rotatable bonds is 1. The van der Waals surface area contributed by atoms with Crippen LogP contribution in [0.25, 0.3) is 10.9 Å². The van der Waals surface area contributed by atoms with Gasteiger partial charge < -0.3 is 9.80 Å². The Morgan fingerprint density at radius 3 is 2.91 bits per heavy atom. The van der Waals surface area contributed by atoms with E-state index in [0.29, 0.717) is 6.04 Å². The molecule has 4 heterocycles. The van der Waals surface area contributed by atoms with Gasteiger partial charge in [0.25, 0.3) is 0 Å². The number of benzene rings is 1. The number of halogens is 1. The third-order valence-corrected chi connectivity index (χ3v) is 5.50. The molecule has 1 amide bonds. The van der Waals surface area contributed by atoms with E-state index in [4.69, 9.17) is 11.6 Å². The summed E-state index contributed by atoms with van der Waals surface area (Å²) in [5, 5.41) is 1.81. The molecule has 1 aromatic carbocycles. The number of aromatic nitrogens is 1. The average Bonchev–Trinajstić information content (AvgIpc) is 2.80. The molecule has 2 atom stereocenters. The summed E-state index contributed by atoms with van der Waals surface area (Å²) in [4.78, 5) is 21.2. The first-order chi connectivity index (χ1) is 11.0. The molecule has 5 rings (SSSR count). The standard InChI is InChI=1S/C18H20ClN3O/c1-11-7-13(19)8-15-16(5-6-20-17(11)15)22-9-12-3-4-14(10-22)21(2)18(12)23/h5-8,12,14H,3-4,9-10H2,1-2H3/t12-,14+/m0/s1. The molecule has 0 aliphatic carbocycles. The van der Waals surface area contributed by atoms with Gasteiger partial charge in [0.05, 0.1) is 11.4 Å². The van der Waals surface area contributed by atoms with Gasteiger partial charge in [-0.2, -0.15) is 0 Å². The minimum atomic E-state index is 0.0993. The smallest absolute Gasteiger partial charge is 0.227 e. The number of hydrogen-bond donors (Lipinski definition) is 0. The third kappa shape index (κ3) is 2.36. The molecule has 3 aliphatic heterocycles. The molecule has 23 heavy (non-hydrogen) atoms. The van der Waals surface area contributed by atoms with Crippen LogP contribution >= 0.6 is 11.6 Å². The van der Waals surface area contributed by atoms with E-state index in [9.17, 15) is 4.79 Å². The molecule has 5 heteroatoms. The summed E-state index contributed by atoms with van der Waals surface area (Å²) < 4.78 is 0. The maximum Gasteiger partial charge on any atom is 0.227 e. The second-order valence-corrected chi connectivity index (χ2v) is 7.17. The van der Waals surface area contributed by atoms with Crippen LogP contribution in [0, 0.1) is 12.8 Å².